The van der Waals surface area contributed by atoms with Gasteiger partial charge in [0.2, 0.25) is 5.91 Å². The Morgan fingerprint density at radius 3 is 2.41 bits per heavy atom. The zero-order valence-corrected chi connectivity index (χ0v) is 16.1. The smallest absolute Gasteiger partial charge is 0.253 e. The van der Waals surface area contributed by atoms with E-state index in [0.717, 1.165) is 5.56 Å². The maximum absolute atomic E-state index is 12.5. The zero-order chi connectivity index (χ0) is 19.2. The van der Waals surface area contributed by atoms with Gasteiger partial charge in [0.25, 0.3) is 5.91 Å². The first-order valence-electron chi connectivity index (χ1n) is 8.66. The molecule has 0 saturated carbocycles. The van der Waals surface area contributed by atoms with Crippen LogP contribution in [-0.2, 0) is 4.79 Å². The van der Waals surface area contributed by atoms with E-state index in [9.17, 15) is 9.59 Å². The third-order valence-electron chi connectivity index (χ3n) is 4.48. The number of piperidine rings is 1. The van der Waals surface area contributed by atoms with E-state index in [4.69, 9.17) is 23.2 Å². The van der Waals surface area contributed by atoms with Crippen LogP contribution in [-0.4, -0.2) is 36.0 Å². The molecule has 0 bridgehead atoms. The van der Waals surface area contributed by atoms with E-state index < -0.39 is 0 Å². The van der Waals surface area contributed by atoms with Crippen molar-refractivity contribution >= 4 is 41.2 Å². The van der Waals surface area contributed by atoms with Crippen molar-refractivity contribution in [1.82, 2.24) is 10.3 Å². The average Bonchev–Trinajstić information content (AvgIpc) is 2.68. The highest BCUT2D eigenvalue weighted by atomic mass is 35.5. The highest BCUT2D eigenvalue weighted by Crippen LogP contribution is 2.20. The second-order valence-electron chi connectivity index (χ2n) is 6.36. The van der Waals surface area contributed by atoms with Crippen molar-refractivity contribution in [3.8, 4) is 0 Å². The van der Waals surface area contributed by atoms with Gasteiger partial charge >= 0.3 is 0 Å². The lowest BCUT2D eigenvalue weighted by atomic mass is 9.95. The first-order valence-corrected chi connectivity index (χ1v) is 9.42. The molecule has 140 valence electrons. The maximum atomic E-state index is 12.5. The fraction of sp³-hybridized carbons (Fsp3) is 0.250. The van der Waals surface area contributed by atoms with Crippen LogP contribution in [0.3, 0.4) is 0 Å². The van der Waals surface area contributed by atoms with Crippen LogP contribution >= 0.6 is 23.2 Å². The van der Waals surface area contributed by atoms with Gasteiger partial charge in [-0.1, -0.05) is 35.3 Å². The molecule has 27 heavy (non-hydrogen) atoms. The number of likely N-dealkylation sites (tertiary alicyclic amines) is 1. The molecule has 5 nitrogen and oxygen atoms in total. The van der Waals surface area contributed by atoms with Gasteiger partial charge in [0.1, 0.15) is 0 Å². The van der Waals surface area contributed by atoms with Gasteiger partial charge in [-0.05, 0) is 54.8 Å². The number of carbonyl (C=O) groups excluding carboxylic acids is 2. The summed E-state index contributed by atoms with van der Waals surface area (Å²) in [5, 5.41) is 5.20. The highest BCUT2D eigenvalue weighted by molar-refractivity contribution is 6.31. The Morgan fingerprint density at radius 2 is 1.74 bits per heavy atom. The van der Waals surface area contributed by atoms with E-state index in [1.807, 2.05) is 12.1 Å². The summed E-state index contributed by atoms with van der Waals surface area (Å²) in [6.45, 7) is 1.08. The molecule has 0 atom stereocenters. The van der Waals surface area contributed by atoms with Crippen molar-refractivity contribution in [2.24, 2.45) is 11.0 Å². The van der Waals surface area contributed by atoms with Crippen LogP contribution < -0.4 is 5.43 Å². The number of carbonyl (C=O) groups is 2. The van der Waals surface area contributed by atoms with Gasteiger partial charge in [0.15, 0.2) is 0 Å². The van der Waals surface area contributed by atoms with Gasteiger partial charge in [0.05, 0.1) is 6.21 Å². The Hall–Kier alpha value is -2.37. The lowest BCUT2D eigenvalue weighted by molar-refractivity contribution is -0.126. The Bertz CT molecular complexity index is 845. The van der Waals surface area contributed by atoms with E-state index in [2.05, 4.69) is 10.5 Å². The monoisotopic (exact) mass is 403 g/mol. The fourth-order valence-electron chi connectivity index (χ4n) is 2.97. The second kappa shape index (κ2) is 9.02. The molecule has 0 radical (unpaired) electrons. The van der Waals surface area contributed by atoms with Crippen molar-refractivity contribution in [3.63, 3.8) is 0 Å². The molecule has 0 aliphatic carbocycles. The molecule has 0 unspecified atom stereocenters. The Labute approximate surface area is 168 Å². The Kier molecular flexibility index (Phi) is 6.48. The normalized spacial score (nSPS) is 15.1. The molecule has 2 aromatic rings. The minimum atomic E-state index is -0.157. The molecule has 1 aliphatic rings. The van der Waals surface area contributed by atoms with Crippen molar-refractivity contribution in [2.45, 2.75) is 12.8 Å². The number of benzene rings is 2. The number of hydrogen-bond donors (Lipinski definition) is 1. The number of halogens is 2. The van der Waals surface area contributed by atoms with Gasteiger partial charge in [-0.25, -0.2) is 5.43 Å². The summed E-state index contributed by atoms with van der Waals surface area (Å²) in [4.78, 5) is 26.5. The van der Waals surface area contributed by atoms with Gasteiger partial charge in [-0.15, -0.1) is 0 Å². The molecule has 1 aliphatic heterocycles. The predicted octanol–water partition coefficient (Wildman–Crippen LogP) is 4.00. The highest BCUT2D eigenvalue weighted by Gasteiger charge is 2.27. The molecule has 0 spiro atoms. The van der Waals surface area contributed by atoms with Crippen molar-refractivity contribution in [1.29, 1.82) is 0 Å². The SMILES string of the molecule is O=C(N/N=C\c1cccc(Cl)c1)C1CCN(C(=O)c2ccc(Cl)cc2)CC1. The van der Waals surface area contributed by atoms with E-state index in [1.54, 1.807) is 47.5 Å². The summed E-state index contributed by atoms with van der Waals surface area (Å²) in [6, 6.07) is 14.0. The van der Waals surface area contributed by atoms with Crippen LogP contribution in [0.1, 0.15) is 28.8 Å². The maximum Gasteiger partial charge on any atom is 0.253 e. The van der Waals surface area contributed by atoms with Crippen LogP contribution in [0, 0.1) is 5.92 Å². The lowest BCUT2D eigenvalue weighted by Crippen LogP contribution is -2.42. The number of nitrogens with one attached hydrogen (secondary N) is 1. The summed E-state index contributed by atoms with van der Waals surface area (Å²) in [6.07, 6.45) is 2.78. The molecule has 0 aromatic heterocycles. The molecule has 2 amide bonds. The largest absolute Gasteiger partial charge is 0.339 e. The summed E-state index contributed by atoms with van der Waals surface area (Å²) in [5.41, 5.74) is 3.99. The molecule has 2 aromatic carbocycles. The van der Waals surface area contributed by atoms with Crippen molar-refractivity contribution < 1.29 is 9.59 Å². The Morgan fingerprint density at radius 1 is 1.04 bits per heavy atom. The third-order valence-corrected chi connectivity index (χ3v) is 4.97. The summed E-state index contributed by atoms with van der Waals surface area (Å²) >= 11 is 11.8. The topological polar surface area (TPSA) is 61.8 Å². The first kappa shape index (κ1) is 19.4. The van der Waals surface area contributed by atoms with E-state index >= 15 is 0 Å². The fourth-order valence-corrected chi connectivity index (χ4v) is 3.29. The number of amides is 2. The van der Waals surface area contributed by atoms with Crippen LogP contribution in [0.4, 0.5) is 0 Å². The number of nitrogens with zero attached hydrogens (tertiary/aromatic N) is 2. The number of hydrazone groups is 1. The summed E-state index contributed by atoms with van der Waals surface area (Å²) in [7, 11) is 0. The molecule has 1 fully saturated rings. The minimum absolute atomic E-state index is 0.0375. The summed E-state index contributed by atoms with van der Waals surface area (Å²) in [5.74, 6) is -0.327. The Balaban J connectivity index is 1.49. The van der Waals surface area contributed by atoms with Crippen LogP contribution in [0.5, 0.6) is 0 Å². The standard InChI is InChI=1S/C20H19Cl2N3O2/c21-17-6-4-16(5-7-17)20(27)25-10-8-15(9-11-25)19(26)24-23-13-14-2-1-3-18(22)12-14/h1-7,12-13,15H,8-11H2,(H,24,26)/b23-13-. The van der Waals surface area contributed by atoms with Gasteiger partial charge in [-0.3, -0.25) is 9.59 Å². The van der Waals surface area contributed by atoms with Crippen molar-refractivity contribution in [3.05, 3.63) is 69.7 Å². The minimum Gasteiger partial charge on any atom is -0.339 e. The summed E-state index contributed by atoms with van der Waals surface area (Å²) < 4.78 is 0. The van der Waals surface area contributed by atoms with Crippen LogP contribution in [0.25, 0.3) is 0 Å². The van der Waals surface area contributed by atoms with E-state index in [0.29, 0.717) is 41.5 Å². The van der Waals surface area contributed by atoms with E-state index in [-0.39, 0.29) is 17.7 Å². The lowest BCUT2D eigenvalue weighted by Gasteiger charge is -2.31. The zero-order valence-electron chi connectivity index (χ0n) is 14.6. The van der Waals surface area contributed by atoms with Gasteiger partial charge in [-0.2, -0.15) is 5.10 Å². The molecule has 1 saturated heterocycles. The van der Waals surface area contributed by atoms with Gasteiger partial charge in [0, 0.05) is 34.6 Å². The first-order chi connectivity index (χ1) is 13.0. The molecule has 1 heterocycles. The van der Waals surface area contributed by atoms with Crippen molar-refractivity contribution in [2.75, 3.05) is 13.1 Å². The molecular formula is C20H19Cl2N3O2. The molecule has 1 N–H and O–H groups in total. The van der Waals surface area contributed by atoms with Crippen LogP contribution in [0.15, 0.2) is 53.6 Å². The predicted molar refractivity (Wildman–Crippen MR) is 107 cm³/mol. The number of hydrogen-bond acceptors (Lipinski definition) is 3. The second-order valence-corrected chi connectivity index (χ2v) is 7.24. The third kappa shape index (κ3) is 5.31. The molecule has 3 rings (SSSR count). The molecular weight excluding hydrogens is 385 g/mol. The average molecular weight is 404 g/mol. The van der Waals surface area contributed by atoms with E-state index in [1.165, 1.54) is 0 Å². The number of rotatable bonds is 4. The quantitative estimate of drug-likeness (QED) is 0.619. The molecule has 7 heteroatoms. The van der Waals surface area contributed by atoms with Gasteiger partial charge < -0.3 is 4.90 Å². The van der Waals surface area contributed by atoms with Crippen LogP contribution in [0.2, 0.25) is 10.0 Å².